The molecule has 1 atom stereocenters. The van der Waals surface area contributed by atoms with Gasteiger partial charge in [0.05, 0.1) is 22.6 Å². The van der Waals surface area contributed by atoms with E-state index in [9.17, 15) is 9.59 Å². The Kier molecular flexibility index (Phi) is 7.30. The van der Waals surface area contributed by atoms with Crippen molar-refractivity contribution in [3.05, 3.63) is 101 Å². The number of carbonyl (C=O) groups excluding carboxylic acids is 1. The summed E-state index contributed by atoms with van der Waals surface area (Å²) in [5.41, 5.74) is 3.03. The predicted octanol–water partition coefficient (Wildman–Crippen LogP) is 6.34. The number of benzene rings is 3. The average molecular weight is 469 g/mol. The summed E-state index contributed by atoms with van der Waals surface area (Å²) in [7, 11) is 0. The molecule has 1 unspecified atom stereocenters. The molecule has 0 saturated heterocycles. The van der Waals surface area contributed by atoms with Gasteiger partial charge < -0.3 is 10.2 Å². The Bertz CT molecular complexity index is 1380. The van der Waals surface area contributed by atoms with Gasteiger partial charge in [0.1, 0.15) is 5.82 Å². The van der Waals surface area contributed by atoms with Crippen LogP contribution in [0.25, 0.3) is 16.6 Å². The van der Waals surface area contributed by atoms with E-state index < -0.39 is 6.04 Å². The molecular weight excluding hydrogens is 436 g/mol. The fourth-order valence-electron chi connectivity index (χ4n) is 4.41. The van der Waals surface area contributed by atoms with Gasteiger partial charge in [-0.1, -0.05) is 63.2 Å². The third kappa shape index (κ3) is 5.27. The highest BCUT2D eigenvalue weighted by Gasteiger charge is 2.29. The molecule has 4 aromatic rings. The van der Waals surface area contributed by atoms with Crippen LogP contribution in [-0.4, -0.2) is 27.0 Å². The number of hydrogen-bond donors (Lipinski definition) is 1. The molecule has 6 heteroatoms. The number of para-hydroxylation sites is 2. The van der Waals surface area contributed by atoms with Gasteiger partial charge in [-0.25, -0.2) is 9.78 Å². The zero-order valence-corrected chi connectivity index (χ0v) is 20.7. The number of anilines is 1. The monoisotopic (exact) mass is 468 g/mol. The molecule has 0 spiro atoms. The second-order valence-corrected chi connectivity index (χ2v) is 9.23. The van der Waals surface area contributed by atoms with Gasteiger partial charge in [-0.15, -0.1) is 0 Å². The Hall–Kier alpha value is -3.93. The first-order valence-corrected chi connectivity index (χ1v) is 12.1. The number of nitrogens with zero attached hydrogens (tertiary/aromatic N) is 3. The highest BCUT2D eigenvalue weighted by molar-refractivity contribution is 5.89. The molecule has 0 aliphatic rings. The van der Waals surface area contributed by atoms with E-state index in [0.717, 1.165) is 16.9 Å². The molecule has 0 aliphatic heterocycles. The van der Waals surface area contributed by atoms with Crippen LogP contribution in [0.2, 0.25) is 0 Å². The minimum Gasteiger partial charge on any atom is -0.314 e. The first kappa shape index (κ1) is 24.2. The minimum absolute atomic E-state index is 0.140. The van der Waals surface area contributed by atoms with Gasteiger partial charge in [0.15, 0.2) is 0 Å². The standard InChI is InChI=1S/C29H32N4O2/c1-5-26(32(19-20(2)3)29(35)30-22-13-11-12-21(4)18-22)27-31-25-17-10-9-16-24(25)28(34)33(27)23-14-7-6-8-15-23/h6-18,20,26H,5,19H2,1-4H3,(H,30,35). The fourth-order valence-corrected chi connectivity index (χ4v) is 4.41. The third-order valence-corrected chi connectivity index (χ3v) is 5.97. The quantitative estimate of drug-likeness (QED) is 0.344. The van der Waals surface area contributed by atoms with E-state index in [4.69, 9.17) is 4.98 Å². The van der Waals surface area contributed by atoms with Crippen LogP contribution >= 0.6 is 0 Å². The maximum atomic E-state index is 13.7. The maximum absolute atomic E-state index is 13.7. The SMILES string of the molecule is CCC(c1nc2ccccc2c(=O)n1-c1ccccc1)N(CC(C)C)C(=O)Nc1cccc(C)c1. The van der Waals surface area contributed by atoms with Crippen LogP contribution in [0.15, 0.2) is 83.7 Å². The number of urea groups is 1. The van der Waals surface area contributed by atoms with E-state index in [1.165, 1.54) is 0 Å². The molecule has 6 nitrogen and oxygen atoms in total. The van der Waals surface area contributed by atoms with Gasteiger partial charge >= 0.3 is 6.03 Å². The van der Waals surface area contributed by atoms with Crippen LogP contribution in [0.4, 0.5) is 10.5 Å². The van der Waals surface area contributed by atoms with Gasteiger partial charge in [-0.05, 0) is 61.2 Å². The van der Waals surface area contributed by atoms with Crippen molar-refractivity contribution in [2.24, 2.45) is 5.92 Å². The topological polar surface area (TPSA) is 67.2 Å². The number of fused-ring (bicyclic) bond motifs is 1. The normalized spacial score (nSPS) is 12.0. The number of amides is 2. The van der Waals surface area contributed by atoms with E-state index in [2.05, 4.69) is 19.2 Å². The summed E-state index contributed by atoms with van der Waals surface area (Å²) in [5, 5.41) is 3.61. The number of nitrogens with one attached hydrogen (secondary N) is 1. The van der Waals surface area contributed by atoms with Crippen molar-refractivity contribution in [2.45, 2.75) is 40.2 Å². The Morgan fingerprint density at radius 1 is 1.00 bits per heavy atom. The molecule has 2 amide bonds. The van der Waals surface area contributed by atoms with E-state index >= 15 is 0 Å². The Labute approximate surface area is 206 Å². The molecule has 180 valence electrons. The van der Waals surface area contributed by atoms with Crippen molar-refractivity contribution in [1.82, 2.24) is 14.5 Å². The van der Waals surface area contributed by atoms with E-state index in [1.54, 1.807) is 10.6 Å². The van der Waals surface area contributed by atoms with Gasteiger partial charge in [-0.2, -0.15) is 0 Å². The molecule has 35 heavy (non-hydrogen) atoms. The molecule has 4 rings (SSSR count). The van der Waals surface area contributed by atoms with Crippen molar-refractivity contribution in [3.8, 4) is 5.69 Å². The molecule has 3 aromatic carbocycles. The second kappa shape index (κ2) is 10.6. The summed E-state index contributed by atoms with van der Waals surface area (Å²) in [6.07, 6.45) is 0.603. The van der Waals surface area contributed by atoms with Crippen LogP contribution in [0.1, 0.15) is 44.6 Å². The van der Waals surface area contributed by atoms with E-state index in [-0.39, 0.29) is 17.5 Å². The molecule has 1 N–H and O–H groups in total. The molecule has 0 bridgehead atoms. The lowest BCUT2D eigenvalue weighted by Gasteiger charge is -2.33. The highest BCUT2D eigenvalue weighted by Crippen LogP contribution is 2.27. The van der Waals surface area contributed by atoms with Crippen LogP contribution in [0.5, 0.6) is 0 Å². The molecule has 1 aromatic heterocycles. The average Bonchev–Trinajstić information content (AvgIpc) is 2.84. The highest BCUT2D eigenvalue weighted by atomic mass is 16.2. The van der Waals surface area contributed by atoms with Crippen molar-refractivity contribution in [2.75, 3.05) is 11.9 Å². The summed E-state index contributed by atoms with van der Waals surface area (Å²) in [6.45, 7) is 8.70. The summed E-state index contributed by atoms with van der Waals surface area (Å²) in [4.78, 5) is 34.1. The lowest BCUT2D eigenvalue weighted by molar-refractivity contribution is 0.171. The lowest BCUT2D eigenvalue weighted by atomic mass is 10.1. The number of hydrogen-bond acceptors (Lipinski definition) is 3. The molecule has 1 heterocycles. The van der Waals surface area contributed by atoms with Crippen molar-refractivity contribution < 1.29 is 4.79 Å². The fraction of sp³-hybridized carbons (Fsp3) is 0.276. The summed E-state index contributed by atoms with van der Waals surface area (Å²) < 4.78 is 1.66. The smallest absolute Gasteiger partial charge is 0.314 e. The van der Waals surface area contributed by atoms with E-state index in [1.807, 2.05) is 91.5 Å². The van der Waals surface area contributed by atoms with Gasteiger partial charge in [0.25, 0.3) is 5.56 Å². The van der Waals surface area contributed by atoms with Crippen molar-refractivity contribution in [3.63, 3.8) is 0 Å². The predicted molar refractivity (Wildman–Crippen MR) is 142 cm³/mol. The summed E-state index contributed by atoms with van der Waals surface area (Å²) in [6, 6.07) is 24.0. The molecule has 0 fully saturated rings. The Morgan fingerprint density at radius 2 is 1.71 bits per heavy atom. The van der Waals surface area contributed by atoms with Crippen LogP contribution in [0.3, 0.4) is 0 Å². The molecule has 0 saturated carbocycles. The third-order valence-electron chi connectivity index (χ3n) is 5.97. The van der Waals surface area contributed by atoms with Gasteiger partial charge in [0.2, 0.25) is 0 Å². The number of rotatable bonds is 7. The first-order valence-electron chi connectivity index (χ1n) is 12.1. The number of aryl methyl sites for hydroxylation is 1. The molecular formula is C29H32N4O2. The maximum Gasteiger partial charge on any atom is 0.322 e. The van der Waals surface area contributed by atoms with Gasteiger partial charge in [0, 0.05) is 12.2 Å². The number of aromatic nitrogens is 2. The van der Waals surface area contributed by atoms with Crippen molar-refractivity contribution in [1.29, 1.82) is 0 Å². The second-order valence-electron chi connectivity index (χ2n) is 9.23. The summed E-state index contributed by atoms with van der Waals surface area (Å²) in [5.74, 6) is 0.784. The zero-order valence-electron chi connectivity index (χ0n) is 20.7. The largest absolute Gasteiger partial charge is 0.322 e. The minimum atomic E-state index is -0.403. The molecule has 0 aliphatic carbocycles. The lowest BCUT2D eigenvalue weighted by Crippen LogP contribution is -2.42. The summed E-state index contributed by atoms with van der Waals surface area (Å²) >= 11 is 0. The Balaban J connectivity index is 1.87. The zero-order chi connectivity index (χ0) is 24.9. The van der Waals surface area contributed by atoms with E-state index in [0.29, 0.717) is 29.7 Å². The molecule has 0 radical (unpaired) electrons. The van der Waals surface area contributed by atoms with Crippen molar-refractivity contribution >= 4 is 22.6 Å². The van der Waals surface area contributed by atoms with Gasteiger partial charge in [-0.3, -0.25) is 9.36 Å². The first-order chi connectivity index (χ1) is 16.9. The van der Waals surface area contributed by atoms with Crippen LogP contribution < -0.4 is 10.9 Å². The Morgan fingerprint density at radius 3 is 2.40 bits per heavy atom. The number of carbonyl (C=O) groups is 1. The van der Waals surface area contributed by atoms with Crippen LogP contribution in [0, 0.1) is 12.8 Å². The van der Waals surface area contributed by atoms with Crippen LogP contribution in [-0.2, 0) is 0 Å².